The highest BCUT2D eigenvalue weighted by atomic mass is 16.2. The Morgan fingerprint density at radius 1 is 1.03 bits per heavy atom. The van der Waals surface area contributed by atoms with Gasteiger partial charge in [0.25, 0.3) is 0 Å². The molecule has 3 rings (SSSR count). The lowest BCUT2D eigenvalue weighted by molar-refractivity contribution is -0.129. The normalized spacial score (nSPS) is 17.7. The van der Waals surface area contributed by atoms with Gasteiger partial charge in [-0.1, -0.05) is 70.5 Å². The van der Waals surface area contributed by atoms with E-state index in [9.17, 15) is 9.59 Å². The molecule has 2 aromatic carbocycles. The van der Waals surface area contributed by atoms with E-state index in [0.717, 1.165) is 12.1 Å². The molecule has 1 heterocycles. The molecule has 0 saturated heterocycles. The minimum atomic E-state index is -0.578. The number of hydrogen-bond donors (Lipinski definition) is 3. The van der Waals surface area contributed by atoms with Gasteiger partial charge in [0, 0.05) is 12.2 Å². The summed E-state index contributed by atoms with van der Waals surface area (Å²) in [5.41, 5.74) is 4.38. The lowest BCUT2D eigenvalue weighted by Gasteiger charge is -2.29. The van der Waals surface area contributed by atoms with Crippen LogP contribution in [0.5, 0.6) is 0 Å². The zero-order chi connectivity index (χ0) is 21.7. The van der Waals surface area contributed by atoms with Gasteiger partial charge in [-0.2, -0.15) is 0 Å². The van der Waals surface area contributed by atoms with Gasteiger partial charge in [-0.05, 0) is 47.1 Å². The van der Waals surface area contributed by atoms with E-state index in [2.05, 4.69) is 41.9 Å². The molecule has 0 bridgehead atoms. The van der Waals surface area contributed by atoms with E-state index in [1.807, 2.05) is 50.2 Å². The van der Waals surface area contributed by atoms with Crippen LogP contribution in [0.1, 0.15) is 56.7 Å². The van der Waals surface area contributed by atoms with Crippen molar-refractivity contribution in [1.29, 1.82) is 0 Å². The van der Waals surface area contributed by atoms with Gasteiger partial charge in [0.15, 0.2) is 0 Å². The number of rotatable bonds is 7. The number of hydrogen-bond acceptors (Lipinski definition) is 3. The Balaban J connectivity index is 1.66. The van der Waals surface area contributed by atoms with Crippen molar-refractivity contribution in [3.8, 4) is 0 Å². The summed E-state index contributed by atoms with van der Waals surface area (Å²) in [6, 6.07) is 15.1. The molecule has 3 atom stereocenters. The number of carbonyl (C=O) groups is 2. The van der Waals surface area contributed by atoms with Crippen molar-refractivity contribution in [3.05, 3.63) is 65.2 Å². The third kappa shape index (κ3) is 5.28. The van der Waals surface area contributed by atoms with Gasteiger partial charge in [0.2, 0.25) is 11.8 Å². The minimum absolute atomic E-state index is 0.0276. The maximum absolute atomic E-state index is 13.0. The fraction of sp³-hybridized carbons (Fsp3) is 0.440. The van der Waals surface area contributed by atoms with Crippen LogP contribution >= 0.6 is 0 Å². The molecule has 0 fully saturated rings. The largest absolute Gasteiger partial charge is 0.343 e. The number of benzene rings is 2. The van der Waals surface area contributed by atoms with Crippen molar-refractivity contribution in [1.82, 2.24) is 10.6 Å². The molecular weight excluding hydrogens is 374 g/mol. The molecule has 160 valence electrons. The molecule has 0 saturated carbocycles. The van der Waals surface area contributed by atoms with Crippen molar-refractivity contribution in [2.45, 2.75) is 65.1 Å². The maximum Gasteiger partial charge on any atom is 0.247 e. The van der Waals surface area contributed by atoms with Gasteiger partial charge >= 0.3 is 0 Å². The number of anilines is 1. The fourth-order valence-electron chi connectivity index (χ4n) is 3.77. The van der Waals surface area contributed by atoms with Crippen molar-refractivity contribution in [2.75, 3.05) is 5.32 Å². The van der Waals surface area contributed by atoms with Crippen LogP contribution in [0.25, 0.3) is 0 Å². The molecule has 3 N–H and O–H groups in total. The monoisotopic (exact) mass is 407 g/mol. The predicted octanol–water partition coefficient (Wildman–Crippen LogP) is 3.99. The molecule has 2 aromatic rings. The second-order valence-corrected chi connectivity index (χ2v) is 8.54. The Bertz CT molecular complexity index is 876. The number of nitrogens with one attached hydrogen (secondary N) is 3. The second-order valence-electron chi connectivity index (χ2n) is 8.54. The van der Waals surface area contributed by atoms with E-state index in [1.54, 1.807) is 0 Å². The maximum atomic E-state index is 13.0. The topological polar surface area (TPSA) is 70.2 Å². The Kier molecular flexibility index (Phi) is 7.27. The van der Waals surface area contributed by atoms with E-state index in [-0.39, 0.29) is 23.8 Å². The first-order valence-electron chi connectivity index (χ1n) is 10.9. The average molecular weight is 408 g/mol. The van der Waals surface area contributed by atoms with Crippen LogP contribution in [0, 0.1) is 5.92 Å². The highest BCUT2D eigenvalue weighted by Gasteiger charge is 2.30. The van der Waals surface area contributed by atoms with Crippen molar-refractivity contribution < 1.29 is 9.59 Å². The van der Waals surface area contributed by atoms with E-state index >= 15 is 0 Å². The van der Waals surface area contributed by atoms with Gasteiger partial charge in [-0.15, -0.1) is 0 Å². The fourth-order valence-corrected chi connectivity index (χ4v) is 3.77. The Morgan fingerprint density at radius 2 is 1.70 bits per heavy atom. The zero-order valence-electron chi connectivity index (χ0n) is 18.4. The molecule has 0 aromatic heterocycles. The quantitative estimate of drug-likeness (QED) is 0.650. The number of amides is 2. The Morgan fingerprint density at radius 3 is 2.33 bits per heavy atom. The number of carbonyl (C=O) groups excluding carboxylic acids is 2. The first-order valence-corrected chi connectivity index (χ1v) is 10.9. The highest BCUT2D eigenvalue weighted by molar-refractivity contribution is 5.98. The SMILES string of the molecule is CC[C@@H](C)[C@@H](NC(=O)[C@@H]1Cc2ccccc2CN1)C(=O)Nc1ccc(C(C)C)cc1. The molecule has 0 unspecified atom stereocenters. The lowest BCUT2D eigenvalue weighted by atomic mass is 9.94. The molecular formula is C25H33N3O2. The lowest BCUT2D eigenvalue weighted by Crippen LogP contribution is -2.55. The summed E-state index contributed by atoms with van der Waals surface area (Å²) < 4.78 is 0. The van der Waals surface area contributed by atoms with E-state index in [1.165, 1.54) is 16.7 Å². The van der Waals surface area contributed by atoms with Crippen molar-refractivity contribution >= 4 is 17.5 Å². The molecule has 30 heavy (non-hydrogen) atoms. The Labute approximate surface area is 179 Å². The predicted molar refractivity (Wildman–Crippen MR) is 121 cm³/mol. The van der Waals surface area contributed by atoms with Gasteiger partial charge in [0.1, 0.15) is 6.04 Å². The van der Waals surface area contributed by atoms with E-state index < -0.39 is 6.04 Å². The van der Waals surface area contributed by atoms with Gasteiger partial charge < -0.3 is 16.0 Å². The molecule has 0 spiro atoms. The van der Waals surface area contributed by atoms with Crippen molar-refractivity contribution in [3.63, 3.8) is 0 Å². The smallest absolute Gasteiger partial charge is 0.247 e. The van der Waals surface area contributed by atoms with Crippen molar-refractivity contribution in [2.24, 2.45) is 5.92 Å². The molecule has 5 heteroatoms. The summed E-state index contributed by atoms with van der Waals surface area (Å²) in [7, 11) is 0. The van der Waals surface area contributed by atoms with Gasteiger partial charge in [-0.3, -0.25) is 9.59 Å². The van der Waals surface area contributed by atoms with Crippen LogP contribution in [0.15, 0.2) is 48.5 Å². The minimum Gasteiger partial charge on any atom is -0.343 e. The summed E-state index contributed by atoms with van der Waals surface area (Å²) in [5, 5.41) is 9.28. The van der Waals surface area contributed by atoms with E-state index in [4.69, 9.17) is 0 Å². The van der Waals surface area contributed by atoms with Crippen LogP contribution < -0.4 is 16.0 Å². The highest BCUT2D eigenvalue weighted by Crippen LogP contribution is 2.19. The van der Waals surface area contributed by atoms with Crippen LogP contribution in [0.2, 0.25) is 0 Å². The summed E-state index contributed by atoms with van der Waals surface area (Å²) >= 11 is 0. The van der Waals surface area contributed by atoms with Crippen LogP contribution in [0.3, 0.4) is 0 Å². The first-order chi connectivity index (χ1) is 14.4. The summed E-state index contributed by atoms with van der Waals surface area (Å²) in [5.74, 6) is 0.168. The molecule has 5 nitrogen and oxygen atoms in total. The average Bonchev–Trinajstić information content (AvgIpc) is 2.76. The molecule has 0 aliphatic carbocycles. The third-order valence-electron chi connectivity index (χ3n) is 6.04. The Hall–Kier alpha value is -2.66. The summed E-state index contributed by atoms with van der Waals surface area (Å²) in [4.78, 5) is 26.0. The van der Waals surface area contributed by atoms with Gasteiger partial charge in [0.05, 0.1) is 6.04 Å². The molecule has 1 aliphatic heterocycles. The summed E-state index contributed by atoms with van der Waals surface area (Å²) in [6.07, 6.45) is 1.43. The third-order valence-corrected chi connectivity index (χ3v) is 6.04. The molecule has 0 radical (unpaired) electrons. The first kappa shape index (κ1) is 22.0. The van der Waals surface area contributed by atoms with Gasteiger partial charge in [-0.25, -0.2) is 0 Å². The standard InChI is InChI=1S/C25H33N3O2/c1-5-17(4)23(25(30)27-21-12-10-18(11-13-21)16(2)3)28-24(29)22-14-19-8-6-7-9-20(19)15-26-22/h6-13,16-17,22-23,26H,5,14-15H2,1-4H3,(H,27,30)(H,28,29)/t17-,22+,23-/m1/s1. The molecule has 1 aliphatic rings. The van der Waals surface area contributed by atoms with Crippen LogP contribution in [-0.4, -0.2) is 23.9 Å². The van der Waals surface area contributed by atoms with E-state index in [0.29, 0.717) is 18.9 Å². The van der Waals surface area contributed by atoms with Crippen LogP contribution in [-0.2, 0) is 22.6 Å². The zero-order valence-corrected chi connectivity index (χ0v) is 18.4. The number of fused-ring (bicyclic) bond motifs is 1. The van der Waals surface area contributed by atoms with Crippen LogP contribution in [0.4, 0.5) is 5.69 Å². The summed E-state index contributed by atoms with van der Waals surface area (Å²) in [6.45, 7) is 8.97. The second kappa shape index (κ2) is 9.90. The molecule has 2 amide bonds.